The number of aromatic nitrogens is 2. The molecule has 138 valence electrons. The monoisotopic (exact) mass is 459 g/mol. The third-order valence-electron chi connectivity index (χ3n) is 3.91. The average Bonchev–Trinajstić information content (AvgIpc) is 2.97. The van der Waals surface area contributed by atoms with Gasteiger partial charge >= 0.3 is 0 Å². The molecule has 0 atom stereocenters. The molecule has 2 aromatic rings. The fourth-order valence-electron chi connectivity index (χ4n) is 2.58. The largest absolute Gasteiger partial charge is 0.356 e. The summed E-state index contributed by atoms with van der Waals surface area (Å²) in [6.45, 7) is 3.54. The molecule has 25 heavy (non-hydrogen) atoms. The maximum absolute atomic E-state index is 13.1. The quantitative estimate of drug-likeness (QED) is 0.290. The SMILES string of the molecule is CN=C(NCCCc1cnn(C)c1)NCCc1ccc(F)cc1C.I. The van der Waals surface area contributed by atoms with E-state index in [0.717, 1.165) is 49.4 Å². The number of benzene rings is 1. The normalized spacial score (nSPS) is 11.1. The minimum atomic E-state index is -0.185. The standard InChI is InChI=1S/C18H26FN5.HI/c1-14-11-17(19)7-6-16(14)8-10-22-18(20-2)21-9-4-5-15-12-23-24(3)13-15;/h6-7,11-13H,4-5,8-10H2,1-3H3,(H2,20,21,22);1H. The highest BCUT2D eigenvalue weighted by Gasteiger charge is 2.02. The van der Waals surface area contributed by atoms with Crippen LogP contribution in [-0.2, 0) is 19.9 Å². The van der Waals surface area contributed by atoms with Crippen molar-refractivity contribution in [1.82, 2.24) is 20.4 Å². The van der Waals surface area contributed by atoms with Crippen molar-refractivity contribution in [2.75, 3.05) is 20.1 Å². The summed E-state index contributed by atoms with van der Waals surface area (Å²) in [4.78, 5) is 4.22. The van der Waals surface area contributed by atoms with Crippen molar-refractivity contribution in [3.05, 3.63) is 53.1 Å². The highest BCUT2D eigenvalue weighted by Crippen LogP contribution is 2.10. The zero-order valence-corrected chi connectivity index (χ0v) is 17.4. The molecular formula is C18H27FIN5. The van der Waals surface area contributed by atoms with Gasteiger partial charge in [-0.3, -0.25) is 9.67 Å². The van der Waals surface area contributed by atoms with Crippen LogP contribution in [0.2, 0.25) is 0 Å². The van der Waals surface area contributed by atoms with Crippen LogP contribution in [0.4, 0.5) is 4.39 Å². The first-order valence-electron chi connectivity index (χ1n) is 8.25. The Balaban J connectivity index is 0.00000312. The minimum absolute atomic E-state index is 0. The van der Waals surface area contributed by atoms with E-state index in [1.165, 1.54) is 11.6 Å². The molecule has 0 fully saturated rings. The summed E-state index contributed by atoms with van der Waals surface area (Å²) in [5.41, 5.74) is 3.38. The van der Waals surface area contributed by atoms with Gasteiger partial charge in [-0.25, -0.2) is 4.39 Å². The van der Waals surface area contributed by atoms with Gasteiger partial charge in [0.1, 0.15) is 5.82 Å². The molecule has 0 aliphatic rings. The summed E-state index contributed by atoms with van der Waals surface area (Å²) in [6, 6.07) is 4.92. The molecule has 5 nitrogen and oxygen atoms in total. The lowest BCUT2D eigenvalue weighted by atomic mass is 10.1. The average molecular weight is 459 g/mol. The van der Waals surface area contributed by atoms with Crippen molar-refractivity contribution < 1.29 is 4.39 Å². The first-order chi connectivity index (χ1) is 11.6. The Labute approximate surface area is 166 Å². The molecule has 1 aromatic carbocycles. The van der Waals surface area contributed by atoms with E-state index in [4.69, 9.17) is 0 Å². The van der Waals surface area contributed by atoms with E-state index in [0.29, 0.717) is 0 Å². The number of aliphatic imine (C=N–C) groups is 1. The van der Waals surface area contributed by atoms with Crippen molar-refractivity contribution in [2.24, 2.45) is 12.0 Å². The molecule has 0 bridgehead atoms. The van der Waals surface area contributed by atoms with Crippen LogP contribution in [0.15, 0.2) is 35.6 Å². The molecule has 1 aromatic heterocycles. The van der Waals surface area contributed by atoms with Gasteiger partial charge in [0.15, 0.2) is 5.96 Å². The van der Waals surface area contributed by atoms with Crippen molar-refractivity contribution in [2.45, 2.75) is 26.2 Å². The number of hydrogen-bond acceptors (Lipinski definition) is 2. The Morgan fingerprint density at radius 2 is 2.00 bits per heavy atom. The third-order valence-corrected chi connectivity index (χ3v) is 3.91. The summed E-state index contributed by atoms with van der Waals surface area (Å²) in [6.07, 6.45) is 6.79. The van der Waals surface area contributed by atoms with E-state index in [9.17, 15) is 4.39 Å². The van der Waals surface area contributed by atoms with Gasteiger partial charge in [-0.05, 0) is 55.0 Å². The number of halogens is 2. The van der Waals surface area contributed by atoms with E-state index >= 15 is 0 Å². The van der Waals surface area contributed by atoms with E-state index in [1.54, 1.807) is 13.1 Å². The Morgan fingerprint density at radius 1 is 1.24 bits per heavy atom. The van der Waals surface area contributed by atoms with Gasteiger partial charge in [-0.2, -0.15) is 5.10 Å². The van der Waals surface area contributed by atoms with Crippen LogP contribution in [0.1, 0.15) is 23.1 Å². The maximum Gasteiger partial charge on any atom is 0.190 e. The van der Waals surface area contributed by atoms with Crippen LogP contribution in [0.25, 0.3) is 0 Å². The molecular weight excluding hydrogens is 432 g/mol. The Kier molecular flexibility index (Phi) is 9.48. The van der Waals surface area contributed by atoms with Gasteiger partial charge in [0, 0.05) is 33.4 Å². The topological polar surface area (TPSA) is 54.2 Å². The van der Waals surface area contributed by atoms with E-state index in [1.807, 2.05) is 37.1 Å². The van der Waals surface area contributed by atoms with Gasteiger partial charge in [-0.1, -0.05) is 6.07 Å². The second-order valence-electron chi connectivity index (χ2n) is 5.87. The number of guanidine groups is 1. The molecule has 0 spiro atoms. The molecule has 7 heteroatoms. The Hall–Kier alpha value is -1.64. The van der Waals surface area contributed by atoms with Gasteiger partial charge in [0.2, 0.25) is 0 Å². The van der Waals surface area contributed by atoms with Crippen LogP contribution >= 0.6 is 24.0 Å². The van der Waals surface area contributed by atoms with Gasteiger partial charge in [0.25, 0.3) is 0 Å². The van der Waals surface area contributed by atoms with E-state index in [2.05, 4.69) is 20.7 Å². The lowest BCUT2D eigenvalue weighted by molar-refractivity contribution is 0.625. The first-order valence-corrected chi connectivity index (χ1v) is 8.25. The van der Waals surface area contributed by atoms with Crippen LogP contribution in [0.3, 0.4) is 0 Å². The lowest BCUT2D eigenvalue weighted by Crippen LogP contribution is -2.38. The lowest BCUT2D eigenvalue weighted by Gasteiger charge is -2.12. The summed E-state index contributed by atoms with van der Waals surface area (Å²) >= 11 is 0. The van der Waals surface area contributed by atoms with Gasteiger partial charge in [0.05, 0.1) is 6.20 Å². The molecule has 0 amide bonds. The van der Waals surface area contributed by atoms with Crippen LogP contribution in [-0.4, -0.2) is 35.9 Å². The summed E-state index contributed by atoms with van der Waals surface area (Å²) < 4.78 is 14.9. The molecule has 1 heterocycles. The third kappa shape index (κ3) is 7.41. The summed E-state index contributed by atoms with van der Waals surface area (Å²) in [5.74, 6) is 0.608. The number of rotatable bonds is 7. The number of nitrogens with zero attached hydrogens (tertiary/aromatic N) is 3. The van der Waals surface area contributed by atoms with Crippen LogP contribution in [0.5, 0.6) is 0 Å². The molecule has 2 rings (SSSR count). The number of hydrogen-bond donors (Lipinski definition) is 2. The van der Waals surface area contributed by atoms with Crippen LogP contribution < -0.4 is 10.6 Å². The van der Waals surface area contributed by atoms with E-state index in [-0.39, 0.29) is 29.8 Å². The van der Waals surface area contributed by atoms with E-state index < -0.39 is 0 Å². The molecule has 0 saturated carbocycles. The molecule has 0 aliphatic carbocycles. The predicted molar refractivity (Wildman–Crippen MR) is 111 cm³/mol. The maximum atomic E-state index is 13.1. The molecule has 0 saturated heterocycles. The highest BCUT2D eigenvalue weighted by atomic mass is 127. The molecule has 0 unspecified atom stereocenters. The fourth-order valence-corrected chi connectivity index (χ4v) is 2.58. The van der Waals surface area contributed by atoms with Crippen molar-refractivity contribution in [3.8, 4) is 0 Å². The second kappa shape index (κ2) is 11.1. The van der Waals surface area contributed by atoms with Crippen molar-refractivity contribution in [1.29, 1.82) is 0 Å². The predicted octanol–water partition coefficient (Wildman–Crippen LogP) is 2.83. The molecule has 2 N–H and O–H groups in total. The second-order valence-corrected chi connectivity index (χ2v) is 5.87. The van der Waals surface area contributed by atoms with Crippen LogP contribution in [0, 0.1) is 12.7 Å². The Morgan fingerprint density at radius 3 is 2.64 bits per heavy atom. The van der Waals surface area contributed by atoms with Gasteiger partial charge in [-0.15, -0.1) is 24.0 Å². The van der Waals surface area contributed by atoms with Crippen molar-refractivity contribution in [3.63, 3.8) is 0 Å². The highest BCUT2D eigenvalue weighted by molar-refractivity contribution is 14.0. The number of nitrogens with one attached hydrogen (secondary N) is 2. The smallest absolute Gasteiger partial charge is 0.190 e. The van der Waals surface area contributed by atoms with Gasteiger partial charge < -0.3 is 10.6 Å². The number of aryl methyl sites for hydroxylation is 3. The van der Waals surface area contributed by atoms with Crippen molar-refractivity contribution >= 4 is 29.9 Å². The zero-order valence-electron chi connectivity index (χ0n) is 15.1. The summed E-state index contributed by atoms with van der Waals surface area (Å²) in [7, 11) is 3.69. The summed E-state index contributed by atoms with van der Waals surface area (Å²) in [5, 5.41) is 10.8. The molecule has 0 aliphatic heterocycles. The minimum Gasteiger partial charge on any atom is -0.356 e. The first kappa shape index (κ1) is 21.4. The fraction of sp³-hybridized carbons (Fsp3) is 0.444. The Bertz CT molecular complexity index is 684. The zero-order chi connectivity index (χ0) is 17.4. The molecule has 0 radical (unpaired) electrons.